The number of carbonyl (C=O) groups is 1. The number of thiazole rings is 1. The molecule has 3 rings (SSSR count). The predicted molar refractivity (Wildman–Crippen MR) is 76.5 cm³/mol. The highest BCUT2D eigenvalue weighted by molar-refractivity contribution is 7.20. The monoisotopic (exact) mass is 294 g/mol. The third-order valence-corrected chi connectivity index (χ3v) is 5.27. The van der Waals surface area contributed by atoms with Crippen LogP contribution in [0.5, 0.6) is 0 Å². The first-order valence-electron chi connectivity index (χ1n) is 6.11. The van der Waals surface area contributed by atoms with Gasteiger partial charge >= 0.3 is 0 Å². The lowest BCUT2D eigenvalue weighted by atomic mass is 10.1. The molecule has 1 amide bonds. The molecule has 2 N–H and O–H groups in total. The molecule has 1 fully saturated rings. The first kappa shape index (κ1) is 12.8. The fourth-order valence-electron chi connectivity index (χ4n) is 1.82. The number of rotatable bonds is 5. The number of nitrogens with zero attached hydrogens (tertiary/aromatic N) is 1. The van der Waals surface area contributed by atoms with Gasteiger partial charge in [-0.15, -0.1) is 22.7 Å². The van der Waals surface area contributed by atoms with E-state index in [9.17, 15) is 9.90 Å². The molecule has 0 aromatic carbocycles. The van der Waals surface area contributed by atoms with Gasteiger partial charge in [-0.2, -0.15) is 0 Å². The molecule has 2 heterocycles. The minimum Gasteiger partial charge on any atom is -0.396 e. The Kier molecular flexibility index (Phi) is 3.38. The second-order valence-electron chi connectivity index (χ2n) is 4.86. The summed E-state index contributed by atoms with van der Waals surface area (Å²) in [5.41, 5.74) is 0.393. The Bertz CT molecular complexity index is 573. The van der Waals surface area contributed by atoms with Crippen LogP contribution in [0.1, 0.15) is 23.3 Å². The predicted octanol–water partition coefficient (Wildman–Crippen LogP) is 2.37. The van der Waals surface area contributed by atoms with Crippen LogP contribution in [-0.2, 0) is 0 Å². The summed E-state index contributed by atoms with van der Waals surface area (Å²) >= 11 is 3.09. The average Bonchev–Trinajstić information content (AvgIpc) is 2.87. The van der Waals surface area contributed by atoms with E-state index in [1.807, 2.05) is 17.5 Å². The van der Waals surface area contributed by atoms with Crippen LogP contribution in [0.3, 0.4) is 0 Å². The van der Waals surface area contributed by atoms with Crippen LogP contribution in [0.15, 0.2) is 22.9 Å². The summed E-state index contributed by atoms with van der Waals surface area (Å²) in [7, 11) is 0. The van der Waals surface area contributed by atoms with E-state index in [2.05, 4.69) is 10.3 Å². The Morgan fingerprint density at radius 1 is 1.47 bits per heavy atom. The summed E-state index contributed by atoms with van der Waals surface area (Å²) in [6.07, 6.45) is 1.97. The minimum atomic E-state index is -0.154. The third-order valence-electron chi connectivity index (χ3n) is 3.39. The zero-order valence-electron chi connectivity index (χ0n) is 10.3. The van der Waals surface area contributed by atoms with Gasteiger partial charge in [-0.25, -0.2) is 4.98 Å². The molecule has 0 bridgehead atoms. The van der Waals surface area contributed by atoms with Crippen molar-refractivity contribution in [2.75, 3.05) is 13.2 Å². The second-order valence-corrected chi connectivity index (χ2v) is 6.66. The molecule has 0 atom stereocenters. The SMILES string of the molecule is O=C(NCC1(CO)CC1)c1csc(-c2cccs2)n1. The molecule has 100 valence electrons. The Morgan fingerprint density at radius 3 is 2.95 bits per heavy atom. The van der Waals surface area contributed by atoms with Gasteiger partial charge in [-0.05, 0) is 24.3 Å². The van der Waals surface area contributed by atoms with Crippen LogP contribution in [0, 0.1) is 5.41 Å². The summed E-state index contributed by atoms with van der Waals surface area (Å²) in [6, 6.07) is 3.97. The molecule has 1 aliphatic carbocycles. The molecular formula is C13H14N2O2S2. The van der Waals surface area contributed by atoms with Gasteiger partial charge in [0.15, 0.2) is 0 Å². The molecule has 0 saturated heterocycles. The second kappa shape index (κ2) is 5.03. The van der Waals surface area contributed by atoms with Gasteiger partial charge in [0.05, 0.1) is 11.5 Å². The Balaban J connectivity index is 1.64. The van der Waals surface area contributed by atoms with Crippen LogP contribution < -0.4 is 5.32 Å². The number of aliphatic hydroxyl groups excluding tert-OH is 1. The summed E-state index contributed by atoms with van der Waals surface area (Å²) in [5.74, 6) is -0.154. The van der Waals surface area contributed by atoms with E-state index in [4.69, 9.17) is 0 Å². The largest absolute Gasteiger partial charge is 0.396 e. The first-order valence-corrected chi connectivity index (χ1v) is 7.87. The van der Waals surface area contributed by atoms with Crippen molar-refractivity contribution in [1.82, 2.24) is 10.3 Å². The molecule has 1 saturated carbocycles. The van der Waals surface area contributed by atoms with Crippen molar-refractivity contribution in [1.29, 1.82) is 0 Å². The molecule has 1 aliphatic rings. The average molecular weight is 294 g/mol. The Labute approximate surface area is 119 Å². The lowest BCUT2D eigenvalue weighted by molar-refractivity contribution is 0.0931. The molecule has 0 unspecified atom stereocenters. The molecule has 0 aliphatic heterocycles. The molecule has 2 aromatic heterocycles. The number of aromatic nitrogens is 1. The maximum atomic E-state index is 12.0. The van der Waals surface area contributed by atoms with Gasteiger partial charge < -0.3 is 10.4 Å². The number of hydrogen-bond acceptors (Lipinski definition) is 5. The van der Waals surface area contributed by atoms with Gasteiger partial charge in [-0.3, -0.25) is 4.79 Å². The van der Waals surface area contributed by atoms with Gasteiger partial charge in [-0.1, -0.05) is 6.07 Å². The highest BCUT2D eigenvalue weighted by Gasteiger charge is 2.42. The Hall–Kier alpha value is -1.24. The number of hydrogen-bond donors (Lipinski definition) is 2. The standard InChI is InChI=1S/C13H14N2O2S2/c16-8-13(3-4-13)7-14-11(17)9-6-19-12(15-9)10-2-1-5-18-10/h1-2,5-6,16H,3-4,7-8H2,(H,14,17). The molecule has 6 heteroatoms. The molecule has 0 radical (unpaired) electrons. The number of nitrogens with one attached hydrogen (secondary N) is 1. The van der Waals surface area contributed by atoms with E-state index in [1.54, 1.807) is 16.7 Å². The zero-order valence-corrected chi connectivity index (χ0v) is 11.9. The smallest absolute Gasteiger partial charge is 0.270 e. The van der Waals surface area contributed by atoms with E-state index in [-0.39, 0.29) is 17.9 Å². The molecule has 4 nitrogen and oxygen atoms in total. The molecule has 0 spiro atoms. The Morgan fingerprint density at radius 2 is 2.32 bits per heavy atom. The summed E-state index contributed by atoms with van der Waals surface area (Å²) in [6.45, 7) is 0.680. The van der Waals surface area contributed by atoms with E-state index in [0.29, 0.717) is 12.2 Å². The third kappa shape index (κ3) is 2.70. The molecule has 19 heavy (non-hydrogen) atoms. The summed E-state index contributed by atoms with van der Waals surface area (Å²) < 4.78 is 0. The number of thiophene rings is 1. The number of amides is 1. The maximum Gasteiger partial charge on any atom is 0.270 e. The lowest BCUT2D eigenvalue weighted by Gasteiger charge is -2.11. The fraction of sp³-hybridized carbons (Fsp3) is 0.385. The van der Waals surface area contributed by atoms with E-state index in [0.717, 1.165) is 22.7 Å². The van der Waals surface area contributed by atoms with Crippen molar-refractivity contribution in [3.8, 4) is 9.88 Å². The highest BCUT2D eigenvalue weighted by atomic mass is 32.1. The van der Waals surface area contributed by atoms with E-state index in [1.165, 1.54) is 11.3 Å². The van der Waals surface area contributed by atoms with Crippen molar-refractivity contribution >= 4 is 28.6 Å². The summed E-state index contributed by atoms with van der Waals surface area (Å²) in [5, 5.41) is 16.7. The van der Waals surface area contributed by atoms with E-state index < -0.39 is 0 Å². The van der Waals surface area contributed by atoms with Crippen LogP contribution in [0.4, 0.5) is 0 Å². The van der Waals surface area contributed by atoms with Crippen LogP contribution in [0.2, 0.25) is 0 Å². The lowest BCUT2D eigenvalue weighted by Crippen LogP contribution is -2.32. The minimum absolute atomic E-state index is 0.0672. The molecule has 2 aromatic rings. The van der Waals surface area contributed by atoms with Gasteiger partial charge in [0.1, 0.15) is 10.7 Å². The van der Waals surface area contributed by atoms with Crippen LogP contribution >= 0.6 is 22.7 Å². The van der Waals surface area contributed by atoms with Gasteiger partial charge in [0.25, 0.3) is 5.91 Å². The maximum absolute atomic E-state index is 12.0. The number of carbonyl (C=O) groups excluding carboxylic acids is 1. The van der Waals surface area contributed by atoms with Crippen molar-refractivity contribution in [3.05, 3.63) is 28.6 Å². The van der Waals surface area contributed by atoms with Gasteiger partial charge in [0.2, 0.25) is 0 Å². The van der Waals surface area contributed by atoms with Crippen molar-refractivity contribution in [3.63, 3.8) is 0 Å². The van der Waals surface area contributed by atoms with E-state index >= 15 is 0 Å². The van der Waals surface area contributed by atoms with Crippen LogP contribution in [-0.4, -0.2) is 29.1 Å². The number of aliphatic hydroxyl groups is 1. The quantitative estimate of drug-likeness (QED) is 0.890. The topological polar surface area (TPSA) is 62.2 Å². The zero-order chi connectivity index (χ0) is 13.3. The first-order chi connectivity index (χ1) is 9.22. The van der Waals surface area contributed by atoms with Crippen molar-refractivity contribution in [2.24, 2.45) is 5.41 Å². The molecular weight excluding hydrogens is 280 g/mol. The fourth-order valence-corrected chi connectivity index (χ4v) is 3.43. The van der Waals surface area contributed by atoms with Crippen molar-refractivity contribution < 1.29 is 9.90 Å². The van der Waals surface area contributed by atoms with Gasteiger partial charge in [0, 0.05) is 17.3 Å². The summed E-state index contributed by atoms with van der Waals surface area (Å²) in [4.78, 5) is 17.4. The van der Waals surface area contributed by atoms with Crippen molar-refractivity contribution in [2.45, 2.75) is 12.8 Å². The van der Waals surface area contributed by atoms with Crippen LogP contribution in [0.25, 0.3) is 9.88 Å². The highest BCUT2D eigenvalue weighted by Crippen LogP contribution is 2.44. The normalized spacial score (nSPS) is 16.3.